The molecule has 0 amide bonds. The number of carbonyl (C=O) groups is 1. The maximum atomic E-state index is 12.4. The van der Waals surface area contributed by atoms with Crippen molar-refractivity contribution in [2.24, 2.45) is 0 Å². The minimum Gasteiger partial charge on any atom is -0.507 e. The molecule has 0 atom stereocenters. The number of aryl methyl sites for hydroxylation is 1. The van der Waals surface area contributed by atoms with Crippen molar-refractivity contribution in [2.45, 2.75) is 136 Å². The standard InChI is InChI=1S/C28H48O2/c1-8-9-10-11-12-13-14-15-16-17-23(29)19-18-22-20-24(27(2,3)4)26(30)25(21-22)28(5,6)7/h20-21,30H,8-19H2,1-7H3. The number of rotatable bonds is 13. The van der Waals surface area contributed by atoms with Crippen LogP contribution < -0.4 is 0 Å². The van der Waals surface area contributed by atoms with E-state index >= 15 is 0 Å². The van der Waals surface area contributed by atoms with E-state index in [0.29, 0.717) is 24.4 Å². The lowest BCUT2D eigenvalue weighted by Crippen LogP contribution is -2.18. The summed E-state index contributed by atoms with van der Waals surface area (Å²) >= 11 is 0. The smallest absolute Gasteiger partial charge is 0.133 e. The summed E-state index contributed by atoms with van der Waals surface area (Å²) in [7, 11) is 0. The normalized spacial score (nSPS) is 12.4. The molecule has 2 nitrogen and oxygen atoms in total. The quantitative estimate of drug-likeness (QED) is 0.328. The molecule has 0 saturated heterocycles. The fraction of sp³-hybridized carbons (Fsp3) is 0.750. The number of phenolic OH excluding ortho intramolecular Hbond substituents is 1. The fourth-order valence-electron chi connectivity index (χ4n) is 4.02. The first-order chi connectivity index (χ1) is 14.0. The number of carbonyl (C=O) groups excluding carboxylic acids is 1. The van der Waals surface area contributed by atoms with Crippen LogP contribution in [-0.2, 0) is 22.0 Å². The molecule has 0 spiro atoms. The van der Waals surface area contributed by atoms with Crippen LogP contribution in [0.25, 0.3) is 0 Å². The SMILES string of the molecule is CCCCCCCCCCCC(=O)CCc1cc(C(C)(C)C)c(O)c(C(C)(C)C)c1. The summed E-state index contributed by atoms with van der Waals surface area (Å²) in [5.74, 6) is 0.792. The summed E-state index contributed by atoms with van der Waals surface area (Å²) in [6, 6.07) is 4.22. The molecule has 1 rings (SSSR count). The largest absolute Gasteiger partial charge is 0.507 e. The van der Waals surface area contributed by atoms with Gasteiger partial charge in [0, 0.05) is 12.8 Å². The van der Waals surface area contributed by atoms with Crippen molar-refractivity contribution in [3.63, 3.8) is 0 Å². The molecule has 2 heteroatoms. The zero-order valence-electron chi connectivity index (χ0n) is 21.0. The van der Waals surface area contributed by atoms with Crippen molar-refractivity contribution < 1.29 is 9.90 Å². The Morgan fingerprint density at radius 2 is 1.17 bits per heavy atom. The Hall–Kier alpha value is -1.31. The zero-order valence-corrected chi connectivity index (χ0v) is 21.0. The van der Waals surface area contributed by atoms with E-state index in [-0.39, 0.29) is 10.8 Å². The molecule has 0 fully saturated rings. The minimum atomic E-state index is -0.124. The van der Waals surface area contributed by atoms with E-state index < -0.39 is 0 Å². The second kappa shape index (κ2) is 12.5. The van der Waals surface area contributed by atoms with Gasteiger partial charge in [0.1, 0.15) is 11.5 Å². The maximum Gasteiger partial charge on any atom is 0.133 e. The fourth-order valence-corrected chi connectivity index (χ4v) is 4.02. The predicted molar refractivity (Wildman–Crippen MR) is 131 cm³/mol. The van der Waals surface area contributed by atoms with E-state index in [1.54, 1.807) is 0 Å². The molecular weight excluding hydrogens is 368 g/mol. The lowest BCUT2D eigenvalue weighted by Gasteiger charge is -2.28. The van der Waals surface area contributed by atoms with E-state index in [9.17, 15) is 9.90 Å². The number of benzene rings is 1. The number of hydrogen-bond donors (Lipinski definition) is 1. The van der Waals surface area contributed by atoms with Gasteiger partial charge in [0.2, 0.25) is 0 Å². The molecule has 0 aliphatic heterocycles. The number of hydrogen-bond acceptors (Lipinski definition) is 2. The zero-order chi connectivity index (χ0) is 22.8. The Labute approximate surface area is 186 Å². The van der Waals surface area contributed by atoms with E-state index in [1.807, 2.05) is 0 Å². The van der Waals surface area contributed by atoms with Gasteiger partial charge in [0.25, 0.3) is 0 Å². The van der Waals surface area contributed by atoms with E-state index in [0.717, 1.165) is 24.0 Å². The molecule has 0 heterocycles. The average Bonchev–Trinajstić information content (AvgIpc) is 2.64. The third-order valence-electron chi connectivity index (χ3n) is 6.04. The van der Waals surface area contributed by atoms with Crippen LogP contribution in [0.5, 0.6) is 5.75 Å². The molecule has 1 aromatic rings. The van der Waals surface area contributed by atoms with Crippen molar-refractivity contribution in [3.05, 3.63) is 28.8 Å². The van der Waals surface area contributed by atoms with Crippen LogP contribution in [0.2, 0.25) is 0 Å². The molecule has 0 aliphatic rings. The van der Waals surface area contributed by atoms with E-state index in [4.69, 9.17) is 0 Å². The van der Waals surface area contributed by atoms with Crippen LogP contribution in [-0.4, -0.2) is 10.9 Å². The summed E-state index contributed by atoms with van der Waals surface area (Å²) in [5, 5.41) is 10.8. The van der Waals surface area contributed by atoms with Gasteiger partial charge in [0.05, 0.1) is 0 Å². The summed E-state index contributed by atoms with van der Waals surface area (Å²) in [6.07, 6.45) is 13.6. The van der Waals surface area contributed by atoms with Crippen molar-refractivity contribution >= 4 is 5.78 Å². The van der Waals surface area contributed by atoms with Crippen molar-refractivity contribution in [2.75, 3.05) is 0 Å². The van der Waals surface area contributed by atoms with Crippen LogP contribution in [0.1, 0.15) is 136 Å². The molecular formula is C28H48O2. The number of Topliss-reactive ketones (excluding diaryl/α,β-unsaturated/α-hetero) is 1. The molecule has 0 bridgehead atoms. The van der Waals surface area contributed by atoms with Crippen LogP contribution in [0.3, 0.4) is 0 Å². The highest BCUT2D eigenvalue weighted by molar-refractivity contribution is 5.78. The molecule has 0 aromatic heterocycles. The van der Waals surface area contributed by atoms with Gasteiger partial charge in [-0.05, 0) is 40.4 Å². The lowest BCUT2D eigenvalue weighted by molar-refractivity contribution is -0.119. The summed E-state index contributed by atoms with van der Waals surface area (Å²) < 4.78 is 0. The van der Waals surface area contributed by atoms with Gasteiger partial charge >= 0.3 is 0 Å². The van der Waals surface area contributed by atoms with Crippen LogP contribution in [0.15, 0.2) is 12.1 Å². The van der Waals surface area contributed by atoms with Gasteiger partial charge in [-0.3, -0.25) is 4.79 Å². The van der Waals surface area contributed by atoms with Gasteiger partial charge in [-0.25, -0.2) is 0 Å². The summed E-state index contributed by atoms with van der Waals surface area (Å²) in [5.41, 5.74) is 2.89. The minimum absolute atomic E-state index is 0.124. The van der Waals surface area contributed by atoms with Crippen molar-refractivity contribution in [3.8, 4) is 5.75 Å². The first-order valence-electron chi connectivity index (χ1n) is 12.4. The number of ketones is 1. The van der Waals surface area contributed by atoms with Gasteiger partial charge in [-0.15, -0.1) is 0 Å². The first-order valence-corrected chi connectivity index (χ1v) is 12.4. The van der Waals surface area contributed by atoms with E-state index in [2.05, 4.69) is 60.6 Å². The Kier molecular flexibility index (Phi) is 11.2. The van der Waals surface area contributed by atoms with Gasteiger partial charge < -0.3 is 5.11 Å². The van der Waals surface area contributed by atoms with Crippen LogP contribution >= 0.6 is 0 Å². The maximum absolute atomic E-state index is 12.4. The number of aromatic hydroxyl groups is 1. The second-order valence-electron chi connectivity index (χ2n) is 11.2. The molecule has 0 radical (unpaired) electrons. The Morgan fingerprint density at radius 3 is 1.60 bits per heavy atom. The van der Waals surface area contributed by atoms with Gasteiger partial charge in [-0.2, -0.15) is 0 Å². The molecule has 0 saturated carbocycles. The molecule has 1 aromatic carbocycles. The summed E-state index contributed by atoms with van der Waals surface area (Å²) in [4.78, 5) is 12.4. The summed E-state index contributed by atoms with van der Waals surface area (Å²) in [6.45, 7) is 15.0. The van der Waals surface area contributed by atoms with Gasteiger partial charge in [0.15, 0.2) is 0 Å². The Bertz CT molecular complexity index is 609. The van der Waals surface area contributed by atoms with Crippen molar-refractivity contribution in [1.82, 2.24) is 0 Å². The second-order valence-corrected chi connectivity index (χ2v) is 11.2. The Morgan fingerprint density at radius 1 is 0.733 bits per heavy atom. The van der Waals surface area contributed by atoms with Crippen molar-refractivity contribution in [1.29, 1.82) is 0 Å². The average molecular weight is 417 g/mol. The lowest BCUT2D eigenvalue weighted by atomic mass is 9.78. The highest BCUT2D eigenvalue weighted by atomic mass is 16.3. The number of unbranched alkanes of at least 4 members (excludes halogenated alkanes) is 8. The monoisotopic (exact) mass is 416 g/mol. The predicted octanol–water partition coefficient (Wildman–Crippen LogP) is 8.41. The highest BCUT2D eigenvalue weighted by Crippen LogP contribution is 2.40. The first kappa shape index (κ1) is 26.7. The highest BCUT2D eigenvalue weighted by Gasteiger charge is 2.26. The molecule has 1 N–H and O–H groups in total. The van der Waals surface area contributed by atoms with Gasteiger partial charge in [-0.1, -0.05) is 112 Å². The third-order valence-corrected chi connectivity index (χ3v) is 6.04. The molecule has 0 unspecified atom stereocenters. The molecule has 30 heavy (non-hydrogen) atoms. The number of phenols is 1. The molecule has 172 valence electrons. The van der Waals surface area contributed by atoms with E-state index in [1.165, 1.54) is 56.9 Å². The topological polar surface area (TPSA) is 37.3 Å². The molecule has 0 aliphatic carbocycles. The Balaban J connectivity index is 2.51. The van der Waals surface area contributed by atoms with Crippen LogP contribution in [0.4, 0.5) is 0 Å². The van der Waals surface area contributed by atoms with Crippen LogP contribution in [0, 0.1) is 0 Å². The third kappa shape index (κ3) is 9.67.